The van der Waals surface area contributed by atoms with Crippen molar-refractivity contribution in [2.24, 2.45) is 17.8 Å². The first kappa shape index (κ1) is 30.9. The average molecular weight is 507 g/mol. The number of rotatable bonds is 13. The van der Waals surface area contributed by atoms with Crippen LogP contribution in [0.2, 0.25) is 0 Å². The van der Waals surface area contributed by atoms with E-state index in [0.29, 0.717) is 6.42 Å². The molecule has 1 aromatic rings. The highest BCUT2D eigenvalue weighted by Gasteiger charge is 2.33. The van der Waals surface area contributed by atoms with Crippen molar-refractivity contribution >= 4 is 17.3 Å². The minimum absolute atomic E-state index is 0.0421. The Morgan fingerprint density at radius 2 is 1.78 bits per heavy atom. The molecule has 0 aliphatic heterocycles. The van der Waals surface area contributed by atoms with E-state index < -0.39 is 0 Å². The molecule has 0 saturated carbocycles. The van der Waals surface area contributed by atoms with Crippen molar-refractivity contribution in [1.82, 2.24) is 0 Å². The Balaban J connectivity index is 0.00000153. The molecule has 37 heavy (non-hydrogen) atoms. The number of hydrogen-bond acceptors (Lipinski definition) is 3. The molecule has 3 rings (SSSR count). The van der Waals surface area contributed by atoms with Gasteiger partial charge in [0.2, 0.25) is 0 Å². The van der Waals surface area contributed by atoms with Crippen molar-refractivity contribution in [3.05, 3.63) is 58.2 Å². The number of fused-ring (bicyclic) bond motifs is 1. The zero-order valence-electron chi connectivity index (χ0n) is 24.3. The second-order valence-electron chi connectivity index (χ2n) is 11.3. The molecule has 0 heterocycles. The van der Waals surface area contributed by atoms with Crippen molar-refractivity contribution in [1.29, 1.82) is 0 Å². The molecule has 3 nitrogen and oxygen atoms in total. The van der Waals surface area contributed by atoms with E-state index in [0.717, 1.165) is 68.9 Å². The largest absolute Gasteiger partial charge is 0.300 e. The molecule has 204 valence electrons. The number of benzene rings is 1. The van der Waals surface area contributed by atoms with Crippen molar-refractivity contribution in [3.63, 3.8) is 0 Å². The van der Waals surface area contributed by atoms with E-state index in [1.165, 1.54) is 30.0 Å². The molecule has 1 aromatic carbocycles. The maximum Gasteiger partial charge on any atom is 0.163 e. The number of ketones is 3. The van der Waals surface area contributed by atoms with Gasteiger partial charge >= 0.3 is 0 Å². The van der Waals surface area contributed by atoms with Crippen LogP contribution in [0.4, 0.5) is 0 Å². The van der Waals surface area contributed by atoms with E-state index in [1.54, 1.807) is 0 Å². The summed E-state index contributed by atoms with van der Waals surface area (Å²) in [5.41, 5.74) is 6.15. The summed E-state index contributed by atoms with van der Waals surface area (Å²) in [5, 5.41) is 0. The Labute approximate surface area is 226 Å². The smallest absolute Gasteiger partial charge is 0.163 e. The van der Waals surface area contributed by atoms with Crippen LogP contribution in [-0.4, -0.2) is 17.3 Å². The minimum atomic E-state index is -0.0781. The number of hydrogen-bond donors (Lipinski definition) is 0. The van der Waals surface area contributed by atoms with Crippen molar-refractivity contribution < 1.29 is 14.4 Å². The van der Waals surface area contributed by atoms with Crippen LogP contribution >= 0.6 is 0 Å². The molecule has 0 N–H and O–H groups in total. The quantitative estimate of drug-likeness (QED) is 0.251. The molecule has 0 fully saturated rings. The van der Waals surface area contributed by atoms with Crippen molar-refractivity contribution in [2.45, 2.75) is 119 Å². The topological polar surface area (TPSA) is 51.2 Å². The monoisotopic (exact) mass is 506 g/mol. The number of Topliss-reactive ketones (excluding diaryl/α,β-unsaturated/α-hetero) is 3. The summed E-state index contributed by atoms with van der Waals surface area (Å²) < 4.78 is 0. The maximum atomic E-state index is 13.3. The van der Waals surface area contributed by atoms with Crippen LogP contribution in [0.15, 0.2) is 35.9 Å². The van der Waals surface area contributed by atoms with E-state index in [-0.39, 0.29) is 41.5 Å². The van der Waals surface area contributed by atoms with Crippen LogP contribution in [0, 0.1) is 24.7 Å². The van der Waals surface area contributed by atoms with Gasteiger partial charge in [-0.15, -0.1) is 0 Å². The number of aryl methyl sites for hydroxylation is 2. The normalized spacial score (nSPS) is 17.9. The second-order valence-corrected chi connectivity index (χ2v) is 11.3. The molecular formula is C34H50O3. The average Bonchev–Trinajstić information content (AvgIpc) is 3.34. The predicted octanol–water partition coefficient (Wildman–Crippen LogP) is 8.75. The van der Waals surface area contributed by atoms with Gasteiger partial charge in [-0.3, -0.25) is 14.4 Å². The highest BCUT2D eigenvalue weighted by atomic mass is 16.1. The van der Waals surface area contributed by atoms with Crippen LogP contribution < -0.4 is 0 Å². The van der Waals surface area contributed by atoms with E-state index in [9.17, 15) is 14.4 Å². The summed E-state index contributed by atoms with van der Waals surface area (Å²) in [6, 6.07) is 4.36. The fourth-order valence-electron chi connectivity index (χ4n) is 6.22. The molecule has 0 saturated heterocycles. The standard InChI is InChI=1S/C31H42O3.C3H8/c1-5-10-26(27(6-2)29(33)17-22(4)32)18-24-19-28-25(14-9-13-23-11-7-8-12-23)16-15-21(3)31(28)30(34)20-24;1-3-2/h7-8,11,15-16,24,26-27H,5-6,9-10,12-14,17-20H2,1-4H3;3H2,1-2H3. The number of allylic oxidation sites excluding steroid dienone is 4. The van der Waals surface area contributed by atoms with Crippen LogP contribution in [0.5, 0.6) is 0 Å². The maximum absolute atomic E-state index is 13.3. The van der Waals surface area contributed by atoms with Gasteiger partial charge in [0.05, 0.1) is 6.42 Å². The highest BCUT2D eigenvalue weighted by molar-refractivity contribution is 6.00. The first-order valence-corrected chi connectivity index (χ1v) is 14.8. The van der Waals surface area contributed by atoms with E-state index in [1.807, 2.05) is 0 Å². The van der Waals surface area contributed by atoms with E-state index in [4.69, 9.17) is 0 Å². The zero-order chi connectivity index (χ0) is 27.4. The molecule has 3 heteroatoms. The van der Waals surface area contributed by atoms with Crippen molar-refractivity contribution in [3.8, 4) is 0 Å². The lowest BCUT2D eigenvalue weighted by Crippen LogP contribution is -2.30. The van der Waals surface area contributed by atoms with Crippen LogP contribution in [-0.2, 0) is 22.4 Å². The summed E-state index contributed by atoms with van der Waals surface area (Å²) in [7, 11) is 0. The Morgan fingerprint density at radius 1 is 1.05 bits per heavy atom. The molecule has 0 aromatic heterocycles. The fraction of sp³-hybridized carbons (Fsp3) is 0.618. The van der Waals surface area contributed by atoms with Gasteiger partial charge < -0.3 is 0 Å². The third kappa shape index (κ3) is 9.20. The van der Waals surface area contributed by atoms with E-state index >= 15 is 0 Å². The van der Waals surface area contributed by atoms with E-state index in [2.05, 4.69) is 65.0 Å². The first-order valence-electron chi connectivity index (χ1n) is 14.8. The predicted molar refractivity (Wildman–Crippen MR) is 155 cm³/mol. The lowest BCUT2D eigenvalue weighted by atomic mass is 9.71. The fourth-order valence-corrected chi connectivity index (χ4v) is 6.22. The summed E-state index contributed by atoms with van der Waals surface area (Å²) in [4.78, 5) is 37.7. The molecule has 0 radical (unpaired) electrons. The number of carbonyl (C=O) groups is 3. The summed E-state index contributed by atoms with van der Waals surface area (Å²) in [5.74, 6) is 0.750. The molecule has 3 atom stereocenters. The van der Waals surface area contributed by atoms with Crippen LogP contribution in [0.1, 0.15) is 126 Å². The minimum Gasteiger partial charge on any atom is -0.300 e. The van der Waals surface area contributed by atoms with Gasteiger partial charge in [0, 0.05) is 17.9 Å². The highest BCUT2D eigenvalue weighted by Crippen LogP contribution is 2.38. The number of carbonyl (C=O) groups excluding carboxylic acids is 3. The third-order valence-electron chi connectivity index (χ3n) is 7.80. The Morgan fingerprint density at radius 3 is 2.38 bits per heavy atom. The SMILES string of the molecule is CCC.CCCC(CC1CC(=O)c2c(C)ccc(CCCC3=CC=CC3)c2C1)C(CC)C(=O)CC(C)=O. The lowest BCUT2D eigenvalue weighted by molar-refractivity contribution is -0.129. The third-order valence-corrected chi connectivity index (χ3v) is 7.80. The Bertz CT molecular complexity index is 981. The van der Waals surface area contributed by atoms with Gasteiger partial charge in [-0.05, 0) is 87.3 Å². The molecule has 2 aliphatic rings. The van der Waals surface area contributed by atoms with Gasteiger partial charge in [-0.2, -0.15) is 0 Å². The van der Waals surface area contributed by atoms with Crippen molar-refractivity contribution in [2.75, 3.05) is 0 Å². The van der Waals surface area contributed by atoms with Gasteiger partial charge in [-0.1, -0.05) is 82.9 Å². The summed E-state index contributed by atoms with van der Waals surface area (Å²) >= 11 is 0. The molecule has 3 unspecified atom stereocenters. The lowest BCUT2D eigenvalue weighted by Gasteiger charge is -2.32. The molecule has 0 amide bonds. The van der Waals surface area contributed by atoms with Gasteiger partial charge in [0.25, 0.3) is 0 Å². The molecule has 0 spiro atoms. The molecule has 0 bridgehead atoms. The van der Waals surface area contributed by atoms with Gasteiger partial charge in [-0.25, -0.2) is 0 Å². The summed E-state index contributed by atoms with van der Waals surface area (Å²) in [6.45, 7) is 12.0. The Hall–Kier alpha value is -2.29. The molecular weight excluding hydrogens is 456 g/mol. The first-order chi connectivity index (χ1) is 17.7. The van der Waals surface area contributed by atoms with Crippen LogP contribution in [0.25, 0.3) is 0 Å². The Kier molecular flexibility index (Phi) is 13.2. The summed E-state index contributed by atoms with van der Waals surface area (Å²) in [6.07, 6.45) is 17.3. The zero-order valence-corrected chi connectivity index (χ0v) is 24.3. The van der Waals surface area contributed by atoms with Gasteiger partial charge in [0.15, 0.2) is 5.78 Å². The molecule has 2 aliphatic carbocycles. The van der Waals surface area contributed by atoms with Gasteiger partial charge in [0.1, 0.15) is 11.6 Å². The second kappa shape index (κ2) is 15.8. The van der Waals surface area contributed by atoms with Crippen LogP contribution in [0.3, 0.4) is 0 Å².